The van der Waals surface area contributed by atoms with Crippen molar-refractivity contribution in [2.24, 2.45) is 0 Å². The van der Waals surface area contributed by atoms with Gasteiger partial charge in [0.15, 0.2) is 0 Å². The van der Waals surface area contributed by atoms with E-state index in [1.807, 2.05) is 29.6 Å². The van der Waals surface area contributed by atoms with Crippen molar-refractivity contribution in [3.05, 3.63) is 71.0 Å². The van der Waals surface area contributed by atoms with Gasteiger partial charge in [-0.1, -0.05) is 6.07 Å². The van der Waals surface area contributed by atoms with Crippen LogP contribution in [0.25, 0.3) is 10.6 Å². The van der Waals surface area contributed by atoms with Gasteiger partial charge in [0.1, 0.15) is 16.6 Å². The zero-order valence-corrected chi connectivity index (χ0v) is 14.5. The van der Waals surface area contributed by atoms with Crippen molar-refractivity contribution in [2.75, 3.05) is 13.7 Å². The number of rotatable bonds is 6. The summed E-state index contributed by atoms with van der Waals surface area (Å²) in [4.78, 5) is 16.6. The fourth-order valence-electron chi connectivity index (χ4n) is 2.32. The minimum Gasteiger partial charge on any atom is -0.497 e. The van der Waals surface area contributed by atoms with E-state index in [2.05, 4.69) is 10.3 Å². The first-order chi connectivity index (χ1) is 12.2. The van der Waals surface area contributed by atoms with Crippen molar-refractivity contribution in [1.82, 2.24) is 10.3 Å². The molecule has 0 aliphatic heterocycles. The van der Waals surface area contributed by atoms with Crippen LogP contribution in [-0.4, -0.2) is 24.5 Å². The minimum absolute atomic E-state index is 0.287. The number of carbonyl (C=O) groups excluding carboxylic acids is 1. The molecule has 0 bridgehead atoms. The number of methoxy groups -OCH3 is 1. The Morgan fingerprint density at radius 3 is 2.76 bits per heavy atom. The molecule has 25 heavy (non-hydrogen) atoms. The van der Waals surface area contributed by atoms with Crippen molar-refractivity contribution < 1.29 is 13.9 Å². The molecule has 1 aromatic heterocycles. The molecule has 3 aromatic rings. The van der Waals surface area contributed by atoms with Gasteiger partial charge in [0, 0.05) is 29.5 Å². The number of nitrogens with zero attached hydrogens (tertiary/aromatic N) is 1. The van der Waals surface area contributed by atoms with Crippen molar-refractivity contribution in [3.63, 3.8) is 0 Å². The van der Waals surface area contributed by atoms with Crippen LogP contribution in [0, 0.1) is 5.82 Å². The van der Waals surface area contributed by atoms with Crippen LogP contribution in [0.5, 0.6) is 5.75 Å². The highest BCUT2D eigenvalue weighted by Gasteiger charge is 2.08. The molecule has 0 saturated carbocycles. The lowest BCUT2D eigenvalue weighted by Gasteiger charge is -2.04. The molecule has 4 nitrogen and oxygen atoms in total. The van der Waals surface area contributed by atoms with Crippen LogP contribution in [0.2, 0.25) is 0 Å². The zero-order valence-electron chi connectivity index (χ0n) is 13.7. The Kier molecular flexibility index (Phi) is 5.40. The van der Waals surface area contributed by atoms with E-state index in [1.54, 1.807) is 24.5 Å². The predicted octanol–water partition coefficient (Wildman–Crippen LogP) is 3.93. The fraction of sp³-hybridized carbons (Fsp3) is 0.158. The Bertz CT molecular complexity index is 862. The molecule has 6 heteroatoms. The lowest BCUT2D eigenvalue weighted by molar-refractivity contribution is 0.0953. The molecule has 0 saturated heterocycles. The summed E-state index contributed by atoms with van der Waals surface area (Å²) in [7, 11) is 1.63. The number of hydrogen-bond donors (Lipinski definition) is 1. The van der Waals surface area contributed by atoms with Gasteiger partial charge in [0.2, 0.25) is 0 Å². The van der Waals surface area contributed by atoms with Crippen molar-refractivity contribution in [1.29, 1.82) is 0 Å². The molecule has 1 amide bonds. The Balaban J connectivity index is 1.55. The quantitative estimate of drug-likeness (QED) is 0.728. The first-order valence-electron chi connectivity index (χ1n) is 7.78. The lowest BCUT2D eigenvalue weighted by Crippen LogP contribution is -2.25. The molecule has 0 radical (unpaired) electrons. The van der Waals surface area contributed by atoms with Crippen molar-refractivity contribution in [2.45, 2.75) is 6.42 Å². The molecular formula is C19H17FN2O2S. The van der Waals surface area contributed by atoms with Crippen LogP contribution in [0.1, 0.15) is 16.1 Å². The SMILES string of the molecule is COc1ccc(-c2nc(CCNC(=O)c3cccc(F)c3)cs2)cc1. The molecule has 128 valence electrons. The maximum atomic E-state index is 13.1. The highest BCUT2D eigenvalue weighted by atomic mass is 32.1. The predicted molar refractivity (Wildman–Crippen MR) is 96.5 cm³/mol. The zero-order chi connectivity index (χ0) is 17.6. The Morgan fingerprint density at radius 1 is 1.24 bits per heavy atom. The molecule has 0 fully saturated rings. The third-order valence-electron chi connectivity index (χ3n) is 3.64. The van der Waals surface area contributed by atoms with E-state index in [9.17, 15) is 9.18 Å². The van der Waals surface area contributed by atoms with Gasteiger partial charge in [-0.2, -0.15) is 0 Å². The van der Waals surface area contributed by atoms with Crippen LogP contribution in [0.15, 0.2) is 53.9 Å². The first kappa shape index (κ1) is 17.1. The highest BCUT2D eigenvalue weighted by Crippen LogP contribution is 2.25. The average molecular weight is 356 g/mol. The van der Waals surface area contributed by atoms with Gasteiger partial charge in [-0.25, -0.2) is 9.37 Å². The molecule has 3 rings (SSSR count). The molecule has 0 aliphatic carbocycles. The standard InChI is InChI=1S/C19H17FN2O2S/c1-24-17-7-5-13(6-8-17)19-22-16(12-25-19)9-10-21-18(23)14-3-2-4-15(20)11-14/h2-8,11-12H,9-10H2,1H3,(H,21,23). The fourth-order valence-corrected chi connectivity index (χ4v) is 3.18. The van der Waals surface area contributed by atoms with Crippen LogP contribution in [0.3, 0.4) is 0 Å². The van der Waals surface area contributed by atoms with Gasteiger partial charge >= 0.3 is 0 Å². The molecule has 0 unspecified atom stereocenters. The molecule has 0 spiro atoms. The molecule has 1 heterocycles. The number of benzene rings is 2. The summed E-state index contributed by atoms with van der Waals surface area (Å²) in [5, 5.41) is 5.69. The largest absolute Gasteiger partial charge is 0.497 e. The Labute approximate surface area is 149 Å². The van der Waals surface area contributed by atoms with E-state index < -0.39 is 5.82 Å². The monoisotopic (exact) mass is 356 g/mol. The summed E-state index contributed by atoms with van der Waals surface area (Å²) in [5.74, 6) is 0.0991. The number of halogens is 1. The lowest BCUT2D eigenvalue weighted by atomic mass is 10.2. The number of carbonyl (C=O) groups is 1. The van der Waals surface area contributed by atoms with Crippen LogP contribution in [-0.2, 0) is 6.42 Å². The van der Waals surface area contributed by atoms with E-state index in [0.717, 1.165) is 22.0 Å². The summed E-state index contributed by atoms with van der Waals surface area (Å²) >= 11 is 1.56. The van der Waals surface area contributed by atoms with Crippen LogP contribution >= 0.6 is 11.3 Å². The van der Waals surface area contributed by atoms with E-state index >= 15 is 0 Å². The van der Waals surface area contributed by atoms with Crippen molar-refractivity contribution in [3.8, 4) is 16.3 Å². The summed E-state index contributed by atoms with van der Waals surface area (Å²) in [6.45, 7) is 0.446. The number of nitrogens with one attached hydrogen (secondary N) is 1. The molecule has 0 atom stereocenters. The summed E-state index contributed by atoms with van der Waals surface area (Å²) < 4.78 is 18.3. The van der Waals surface area contributed by atoms with E-state index in [1.165, 1.54) is 18.2 Å². The van der Waals surface area contributed by atoms with Gasteiger partial charge in [0.25, 0.3) is 5.91 Å². The number of ether oxygens (including phenoxy) is 1. The third kappa shape index (κ3) is 4.42. The smallest absolute Gasteiger partial charge is 0.251 e. The summed E-state index contributed by atoms with van der Waals surface area (Å²) in [5.41, 5.74) is 2.26. The second-order valence-electron chi connectivity index (χ2n) is 5.39. The average Bonchev–Trinajstić information content (AvgIpc) is 3.10. The number of aromatic nitrogens is 1. The maximum absolute atomic E-state index is 13.1. The molecule has 2 aromatic carbocycles. The van der Waals surface area contributed by atoms with Crippen LogP contribution in [0.4, 0.5) is 4.39 Å². The second kappa shape index (κ2) is 7.90. The molecule has 1 N–H and O–H groups in total. The normalized spacial score (nSPS) is 10.5. The molecular weight excluding hydrogens is 339 g/mol. The maximum Gasteiger partial charge on any atom is 0.251 e. The van der Waals surface area contributed by atoms with Gasteiger partial charge in [-0.15, -0.1) is 11.3 Å². The summed E-state index contributed by atoms with van der Waals surface area (Å²) in [6, 6.07) is 13.4. The Morgan fingerprint density at radius 2 is 2.04 bits per heavy atom. The van der Waals surface area contributed by atoms with Gasteiger partial charge < -0.3 is 10.1 Å². The van der Waals surface area contributed by atoms with E-state index in [4.69, 9.17) is 4.74 Å². The second-order valence-corrected chi connectivity index (χ2v) is 6.25. The summed E-state index contributed by atoms with van der Waals surface area (Å²) in [6.07, 6.45) is 0.619. The Hall–Kier alpha value is -2.73. The van der Waals surface area contributed by atoms with E-state index in [-0.39, 0.29) is 5.91 Å². The van der Waals surface area contributed by atoms with Gasteiger partial charge in [-0.05, 0) is 42.5 Å². The van der Waals surface area contributed by atoms with Crippen LogP contribution < -0.4 is 10.1 Å². The van der Waals surface area contributed by atoms with E-state index in [0.29, 0.717) is 18.5 Å². The van der Waals surface area contributed by atoms with Crippen molar-refractivity contribution >= 4 is 17.2 Å². The molecule has 0 aliphatic rings. The number of hydrogen-bond acceptors (Lipinski definition) is 4. The third-order valence-corrected chi connectivity index (χ3v) is 4.58. The minimum atomic E-state index is -0.420. The van der Waals surface area contributed by atoms with Gasteiger partial charge in [0.05, 0.1) is 12.8 Å². The number of thiazole rings is 1. The highest BCUT2D eigenvalue weighted by molar-refractivity contribution is 7.13. The number of amides is 1. The first-order valence-corrected chi connectivity index (χ1v) is 8.66. The topological polar surface area (TPSA) is 51.2 Å². The van der Waals surface area contributed by atoms with Gasteiger partial charge in [-0.3, -0.25) is 4.79 Å².